The lowest BCUT2D eigenvalue weighted by atomic mass is 10.1. The Labute approximate surface area is 102 Å². The Balaban J connectivity index is 2.12. The largest absolute Gasteiger partial charge is 0.497 e. The van der Waals surface area contributed by atoms with Crippen molar-refractivity contribution in [2.45, 2.75) is 6.92 Å². The average molecular weight is 224 g/mol. The van der Waals surface area contributed by atoms with Crippen molar-refractivity contribution in [3.05, 3.63) is 71.4 Å². The van der Waals surface area contributed by atoms with E-state index in [4.69, 9.17) is 4.74 Å². The summed E-state index contributed by atoms with van der Waals surface area (Å²) in [5.74, 6) is 0.888. The summed E-state index contributed by atoms with van der Waals surface area (Å²) in [5, 5.41) is 0. The molecule has 0 radical (unpaired) electrons. The standard InChI is InChI=1S/C16H16O/c1-13(15-5-3-4-6-15)7-8-14-9-11-16(17-2)12-10-14/h3-12H,1-2H3/b8-7+. The van der Waals surface area contributed by atoms with Gasteiger partial charge < -0.3 is 4.74 Å². The predicted octanol–water partition coefficient (Wildman–Crippen LogP) is 4.15. The predicted molar refractivity (Wildman–Crippen MR) is 73.0 cm³/mol. The molecule has 1 aliphatic carbocycles. The van der Waals surface area contributed by atoms with Crippen molar-refractivity contribution in [3.63, 3.8) is 0 Å². The van der Waals surface area contributed by atoms with Gasteiger partial charge in [-0.2, -0.15) is 0 Å². The van der Waals surface area contributed by atoms with Crippen molar-refractivity contribution in [2.24, 2.45) is 0 Å². The number of hydrogen-bond acceptors (Lipinski definition) is 1. The van der Waals surface area contributed by atoms with Crippen LogP contribution in [0.25, 0.3) is 6.08 Å². The lowest BCUT2D eigenvalue weighted by Gasteiger charge is -2.00. The van der Waals surface area contributed by atoms with Crippen molar-refractivity contribution >= 4 is 6.08 Å². The van der Waals surface area contributed by atoms with Gasteiger partial charge >= 0.3 is 0 Å². The summed E-state index contributed by atoms with van der Waals surface area (Å²) in [5.41, 5.74) is 3.72. The van der Waals surface area contributed by atoms with E-state index in [1.807, 2.05) is 24.3 Å². The van der Waals surface area contributed by atoms with E-state index in [2.05, 4.69) is 43.4 Å². The minimum absolute atomic E-state index is 0.888. The van der Waals surface area contributed by atoms with Crippen LogP contribution in [0.3, 0.4) is 0 Å². The maximum absolute atomic E-state index is 5.12. The Hall–Kier alpha value is -2.02. The van der Waals surface area contributed by atoms with Crippen LogP contribution in [0.4, 0.5) is 0 Å². The van der Waals surface area contributed by atoms with Gasteiger partial charge in [0.25, 0.3) is 0 Å². The van der Waals surface area contributed by atoms with E-state index in [1.165, 1.54) is 16.7 Å². The molecule has 0 saturated heterocycles. The van der Waals surface area contributed by atoms with Gasteiger partial charge in [0.2, 0.25) is 0 Å². The summed E-state index contributed by atoms with van der Waals surface area (Å²) in [7, 11) is 1.68. The zero-order chi connectivity index (χ0) is 12.1. The van der Waals surface area contributed by atoms with Gasteiger partial charge in [0.05, 0.1) is 7.11 Å². The Morgan fingerprint density at radius 1 is 1.06 bits per heavy atom. The molecular formula is C16H16O. The summed E-state index contributed by atoms with van der Waals surface area (Å²) >= 11 is 0. The Kier molecular flexibility index (Phi) is 3.61. The third-order valence-electron chi connectivity index (χ3n) is 2.76. The molecule has 0 aromatic heterocycles. The fourth-order valence-corrected chi connectivity index (χ4v) is 1.67. The van der Waals surface area contributed by atoms with Crippen LogP contribution in [0, 0.1) is 0 Å². The van der Waals surface area contributed by atoms with Gasteiger partial charge in [-0.05, 0) is 35.8 Å². The van der Waals surface area contributed by atoms with Crippen molar-refractivity contribution in [1.82, 2.24) is 0 Å². The lowest BCUT2D eigenvalue weighted by Crippen LogP contribution is -1.81. The minimum atomic E-state index is 0.888. The topological polar surface area (TPSA) is 9.23 Å². The first-order valence-electron chi connectivity index (χ1n) is 5.67. The molecule has 0 spiro atoms. The molecule has 1 aromatic rings. The quantitative estimate of drug-likeness (QED) is 0.749. The van der Waals surface area contributed by atoms with Crippen LogP contribution in [0.15, 0.2) is 65.8 Å². The molecule has 1 heteroatoms. The highest BCUT2D eigenvalue weighted by Gasteiger charge is 1.95. The molecule has 0 amide bonds. The molecule has 17 heavy (non-hydrogen) atoms. The van der Waals surface area contributed by atoms with Crippen molar-refractivity contribution < 1.29 is 4.74 Å². The van der Waals surface area contributed by atoms with E-state index in [1.54, 1.807) is 7.11 Å². The van der Waals surface area contributed by atoms with E-state index in [-0.39, 0.29) is 0 Å². The first-order valence-corrected chi connectivity index (χ1v) is 5.67. The van der Waals surface area contributed by atoms with Gasteiger partial charge in [0.1, 0.15) is 5.75 Å². The molecule has 1 nitrogen and oxygen atoms in total. The maximum Gasteiger partial charge on any atom is 0.118 e. The number of methoxy groups -OCH3 is 1. The number of allylic oxidation sites excluding steroid dienone is 7. The van der Waals surface area contributed by atoms with Crippen LogP contribution in [0.2, 0.25) is 0 Å². The second-order valence-corrected chi connectivity index (χ2v) is 3.96. The molecule has 1 aromatic carbocycles. The van der Waals surface area contributed by atoms with Crippen molar-refractivity contribution in [2.75, 3.05) is 7.11 Å². The van der Waals surface area contributed by atoms with Gasteiger partial charge in [-0.25, -0.2) is 0 Å². The second kappa shape index (κ2) is 5.35. The average Bonchev–Trinajstić information content (AvgIpc) is 2.90. The van der Waals surface area contributed by atoms with Crippen LogP contribution in [-0.4, -0.2) is 7.11 Å². The van der Waals surface area contributed by atoms with E-state index in [9.17, 15) is 0 Å². The number of hydrogen-bond donors (Lipinski definition) is 0. The van der Waals surface area contributed by atoms with Crippen molar-refractivity contribution in [1.29, 1.82) is 0 Å². The smallest absolute Gasteiger partial charge is 0.118 e. The maximum atomic E-state index is 5.12. The zero-order valence-corrected chi connectivity index (χ0v) is 10.2. The number of ether oxygens (including phenoxy) is 1. The highest BCUT2D eigenvalue weighted by molar-refractivity contribution is 5.56. The molecule has 0 heterocycles. The van der Waals surface area contributed by atoms with Crippen LogP contribution in [-0.2, 0) is 0 Å². The summed E-state index contributed by atoms with van der Waals surface area (Å²) in [6.45, 7) is 2.12. The third kappa shape index (κ3) is 2.97. The summed E-state index contributed by atoms with van der Waals surface area (Å²) in [4.78, 5) is 0. The van der Waals surface area contributed by atoms with E-state index < -0.39 is 0 Å². The fraction of sp³-hybridized carbons (Fsp3) is 0.125. The third-order valence-corrected chi connectivity index (χ3v) is 2.76. The van der Waals surface area contributed by atoms with Gasteiger partial charge in [-0.3, -0.25) is 0 Å². The summed E-state index contributed by atoms with van der Waals surface area (Å²) < 4.78 is 5.12. The van der Waals surface area contributed by atoms with E-state index in [0.29, 0.717) is 0 Å². The molecule has 0 N–H and O–H groups in total. The SMILES string of the molecule is COc1ccc(/C=C/C(C)=C2C=CC=C2)cc1. The minimum Gasteiger partial charge on any atom is -0.497 e. The second-order valence-electron chi connectivity index (χ2n) is 3.96. The van der Waals surface area contributed by atoms with Crippen LogP contribution in [0.1, 0.15) is 12.5 Å². The Bertz CT molecular complexity index is 485. The number of rotatable bonds is 3. The highest BCUT2D eigenvalue weighted by Crippen LogP contribution is 2.16. The van der Waals surface area contributed by atoms with Gasteiger partial charge in [0, 0.05) is 0 Å². The molecule has 0 fully saturated rings. The van der Waals surface area contributed by atoms with Gasteiger partial charge in [-0.1, -0.05) is 48.6 Å². The van der Waals surface area contributed by atoms with E-state index in [0.717, 1.165) is 5.75 Å². The normalized spacial score (nSPS) is 13.6. The van der Waals surface area contributed by atoms with Crippen LogP contribution in [0.5, 0.6) is 5.75 Å². The molecule has 86 valence electrons. The molecular weight excluding hydrogens is 208 g/mol. The number of benzene rings is 1. The molecule has 0 unspecified atom stereocenters. The highest BCUT2D eigenvalue weighted by atomic mass is 16.5. The molecule has 1 aliphatic rings. The fourth-order valence-electron chi connectivity index (χ4n) is 1.67. The lowest BCUT2D eigenvalue weighted by molar-refractivity contribution is 0.415. The summed E-state index contributed by atoms with van der Waals surface area (Å²) in [6.07, 6.45) is 12.6. The van der Waals surface area contributed by atoms with Gasteiger partial charge in [0.15, 0.2) is 0 Å². The van der Waals surface area contributed by atoms with E-state index >= 15 is 0 Å². The molecule has 0 saturated carbocycles. The van der Waals surface area contributed by atoms with Crippen molar-refractivity contribution in [3.8, 4) is 5.75 Å². The Morgan fingerprint density at radius 3 is 2.29 bits per heavy atom. The first-order chi connectivity index (χ1) is 8.29. The van der Waals surface area contributed by atoms with Gasteiger partial charge in [-0.15, -0.1) is 0 Å². The molecule has 0 bridgehead atoms. The molecule has 2 rings (SSSR count). The van der Waals surface area contributed by atoms with Crippen LogP contribution < -0.4 is 4.74 Å². The molecule has 0 aliphatic heterocycles. The zero-order valence-electron chi connectivity index (χ0n) is 10.2. The summed E-state index contributed by atoms with van der Waals surface area (Å²) in [6, 6.07) is 8.04. The monoisotopic (exact) mass is 224 g/mol. The molecule has 0 atom stereocenters. The first kappa shape index (κ1) is 11.5. The van der Waals surface area contributed by atoms with Crippen LogP contribution >= 0.6 is 0 Å². The Morgan fingerprint density at radius 2 is 1.71 bits per heavy atom.